The quantitative estimate of drug-likeness (QED) is 0.568. The van der Waals surface area contributed by atoms with Crippen LogP contribution in [0.4, 0.5) is 0 Å². The number of rotatable bonds is 7. The van der Waals surface area contributed by atoms with Gasteiger partial charge in [-0.15, -0.1) is 0 Å². The van der Waals surface area contributed by atoms with Crippen molar-refractivity contribution in [1.82, 2.24) is 24.9 Å². The highest BCUT2D eigenvalue weighted by Gasteiger charge is 2.21. The third kappa shape index (κ3) is 5.94. The Balaban J connectivity index is 1.40. The number of imidazole rings is 1. The van der Waals surface area contributed by atoms with E-state index in [0.29, 0.717) is 5.92 Å². The molecule has 1 fully saturated rings. The Kier molecular flexibility index (Phi) is 7.06. The molecule has 0 aromatic carbocycles. The fraction of sp³-hybridized carbons (Fsp3) is 0.600. The van der Waals surface area contributed by atoms with Crippen LogP contribution in [-0.4, -0.2) is 72.7 Å². The average molecular weight is 373 g/mol. The lowest BCUT2D eigenvalue weighted by Crippen LogP contribution is -2.50. The smallest absolute Gasteiger partial charge is 0.191 e. The van der Waals surface area contributed by atoms with Crippen LogP contribution in [0.25, 0.3) is 5.65 Å². The van der Waals surface area contributed by atoms with Crippen LogP contribution in [0.5, 0.6) is 0 Å². The molecule has 2 aromatic rings. The van der Waals surface area contributed by atoms with Gasteiger partial charge in [-0.3, -0.25) is 9.89 Å². The fourth-order valence-corrected chi connectivity index (χ4v) is 3.43. The Bertz CT molecular complexity index is 708. The number of pyridine rings is 1. The van der Waals surface area contributed by atoms with Gasteiger partial charge in [-0.25, -0.2) is 4.98 Å². The minimum absolute atomic E-state index is 0.203. The predicted octanol–water partition coefficient (Wildman–Crippen LogP) is 1.40. The number of ether oxygens (including phenoxy) is 1. The normalized spacial score (nSPS) is 19.0. The molecular formula is C20H32N6O. The van der Waals surface area contributed by atoms with E-state index in [0.717, 1.165) is 63.1 Å². The summed E-state index contributed by atoms with van der Waals surface area (Å²) in [4.78, 5) is 11.4. The number of morpholine rings is 1. The van der Waals surface area contributed by atoms with Gasteiger partial charge in [-0.1, -0.05) is 19.9 Å². The van der Waals surface area contributed by atoms with Crippen molar-refractivity contribution < 1.29 is 4.74 Å². The molecule has 1 saturated heterocycles. The van der Waals surface area contributed by atoms with Crippen LogP contribution in [0.2, 0.25) is 0 Å². The number of aromatic nitrogens is 2. The topological polar surface area (TPSA) is 66.2 Å². The molecule has 148 valence electrons. The Labute approximate surface area is 161 Å². The summed E-state index contributed by atoms with van der Waals surface area (Å²) < 4.78 is 7.94. The average Bonchev–Trinajstić information content (AvgIpc) is 3.07. The summed E-state index contributed by atoms with van der Waals surface area (Å²) in [7, 11) is 1.80. The lowest BCUT2D eigenvalue weighted by atomic mass is 10.2. The highest BCUT2D eigenvalue weighted by Crippen LogP contribution is 2.07. The van der Waals surface area contributed by atoms with Gasteiger partial charge in [-0.2, -0.15) is 0 Å². The molecule has 0 radical (unpaired) electrons. The van der Waals surface area contributed by atoms with E-state index in [-0.39, 0.29) is 6.10 Å². The molecule has 0 bridgehead atoms. The molecule has 0 spiro atoms. The van der Waals surface area contributed by atoms with Crippen LogP contribution in [0.3, 0.4) is 0 Å². The van der Waals surface area contributed by atoms with Crippen molar-refractivity contribution in [3.05, 3.63) is 36.3 Å². The van der Waals surface area contributed by atoms with Crippen molar-refractivity contribution in [2.75, 3.05) is 46.4 Å². The zero-order valence-electron chi connectivity index (χ0n) is 16.7. The molecule has 2 aromatic heterocycles. The number of nitrogens with zero attached hydrogens (tertiary/aromatic N) is 4. The summed E-state index contributed by atoms with van der Waals surface area (Å²) in [5, 5.41) is 6.75. The fourth-order valence-electron chi connectivity index (χ4n) is 3.43. The first-order chi connectivity index (χ1) is 13.1. The van der Waals surface area contributed by atoms with Gasteiger partial charge in [0.25, 0.3) is 0 Å². The van der Waals surface area contributed by atoms with Gasteiger partial charge in [0.2, 0.25) is 0 Å². The van der Waals surface area contributed by atoms with Gasteiger partial charge in [0, 0.05) is 58.6 Å². The van der Waals surface area contributed by atoms with Crippen LogP contribution in [0, 0.1) is 5.92 Å². The van der Waals surface area contributed by atoms with E-state index in [2.05, 4.69) is 45.6 Å². The Morgan fingerprint density at radius 2 is 2.26 bits per heavy atom. The van der Waals surface area contributed by atoms with Crippen LogP contribution in [0.1, 0.15) is 19.5 Å². The zero-order valence-corrected chi connectivity index (χ0v) is 16.7. The molecule has 3 heterocycles. The third-order valence-electron chi connectivity index (χ3n) is 4.65. The van der Waals surface area contributed by atoms with E-state index in [1.807, 2.05) is 28.8 Å². The minimum atomic E-state index is 0.203. The summed E-state index contributed by atoms with van der Waals surface area (Å²) in [6.45, 7) is 10.0. The predicted molar refractivity (Wildman–Crippen MR) is 109 cm³/mol. The molecule has 27 heavy (non-hydrogen) atoms. The zero-order chi connectivity index (χ0) is 19.1. The number of fused-ring (bicyclic) bond motifs is 1. The lowest BCUT2D eigenvalue weighted by Gasteiger charge is -2.34. The third-order valence-corrected chi connectivity index (χ3v) is 4.65. The van der Waals surface area contributed by atoms with Gasteiger partial charge >= 0.3 is 0 Å². The van der Waals surface area contributed by atoms with Gasteiger partial charge in [-0.05, 0) is 18.1 Å². The van der Waals surface area contributed by atoms with E-state index >= 15 is 0 Å². The van der Waals surface area contributed by atoms with E-state index in [1.54, 1.807) is 7.05 Å². The second kappa shape index (κ2) is 9.71. The van der Waals surface area contributed by atoms with Crippen molar-refractivity contribution in [3.8, 4) is 0 Å². The molecule has 1 aliphatic heterocycles. The van der Waals surface area contributed by atoms with Crippen molar-refractivity contribution >= 4 is 11.6 Å². The van der Waals surface area contributed by atoms with Crippen molar-refractivity contribution in [3.63, 3.8) is 0 Å². The highest BCUT2D eigenvalue weighted by atomic mass is 16.5. The lowest BCUT2D eigenvalue weighted by molar-refractivity contribution is -0.0284. The van der Waals surface area contributed by atoms with Gasteiger partial charge in [0.15, 0.2) is 5.96 Å². The standard InChI is InChI=1S/C20H32N6O/c1-16(2)13-25-10-11-27-18(15-25)12-23-20(21-3)22-8-7-17-14-26-9-5-4-6-19(26)24-17/h4-6,9,14,16,18H,7-8,10-13,15H2,1-3H3,(H2,21,22,23). The molecule has 0 aliphatic carbocycles. The second-order valence-corrected chi connectivity index (χ2v) is 7.47. The molecule has 0 amide bonds. The summed E-state index contributed by atoms with van der Waals surface area (Å²) in [6, 6.07) is 6.04. The number of aliphatic imine (C=N–C) groups is 1. The molecule has 7 heteroatoms. The number of hydrogen-bond acceptors (Lipinski definition) is 4. The minimum Gasteiger partial charge on any atom is -0.374 e. The molecule has 1 aliphatic rings. The van der Waals surface area contributed by atoms with Crippen LogP contribution < -0.4 is 10.6 Å². The number of hydrogen-bond donors (Lipinski definition) is 2. The Morgan fingerprint density at radius 3 is 3.04 bits per heavy atom. The van der Waals surface area contributed by atoms with Crippen molar-refractivity contribution in [2.24, 2.45) is 10.9 Å². The molecule has 1 atom stereocenters. The molecular weight excluding hydrogens is 340 g/mol. The van der Waals surface area contributed by atoms with E-state index in [4.69, 9.17) is 4.74 Å². The van der Waals surface area contributed by atoms with Crippen LogP contribution in [-0.2, 0) is 11.2 Å². The van der Waals surface area contributed by atoms with Gasteiger partial charge in [0.05, 0.1) is 18.4 Å². The summed E-state index contributed by atoms with van der Waals surface area (Å²) >= 11 is 0. The Morgan fingerprint density at radius 1 is 1.37 bits per heavy atom. The van der Waals surface area contributed by atoms with Gasteiger partial charge in [0.1, 0.15) is 5.65 Å². The first kappa shape index (κ1) is 19.6. The van der Waals surface area contributed by atoms with E-state index < -0.39 is 0 Å². The van der Waals surface area contributed by atoms with Gasteiger partial charge < -0.3 is 19.8 Å². The largest absolute Gasteiger partial charge is 0.374 e. The maximum atomic E-state index is 5.89. The van der Waals surface area contributed by atoms with Crippen LogP contribution in [0.15, 0.2) is 35.6 Å². The first-order valence-corrected chi connectivity index (χ1v) is 9.85. The van der Waals surface area contributed by atoms with E-state index in [9.17, 15) is 0 Å². The summed E-state index contributed by atoms with van der Waals surface area (Å²) in [5.41, 5.74) is 2.06. The van der Waals surface area contributed by atoms with Crippen molar-refractivity contribution in [2.45, 2.75) is 26.4 Å². The first-order valence-electron chi connectivity index (χ1n) is 9.85. The molecule has 1 unspecified atom stereocenters. The number of nitrogens with one attached hydrogen (secondary N) is 2. The van der Waals surface area contributed by atoms with Crippen molar-refractivity contribution in [1.29, 1.82) is 0 Å². The monoisotopic (exact) mass is 372 g/mol. The molecule has 7 nitrogen and oxygen atoms in total. The summed E-state index contributed by atoms with van der Waals surface area (Å²) in [6.07, 6.45) is 5.15. The Hall–Kier alpha value is -2.12. The molecule has 2 N–H and O–H groups in total. The summed E-state index contributed by atoms with van der Waals surface area (Å²) in [5.74, 6) is 1.49. The highest BCUT2D eigenvalue weighted by molar-refractivity contribution is 5.79. The maximum absolute atomic E-state index is 5.89. The molecule has 0 saturated carbocycles. The second-order valence-electron chi connectivity index (χ2n) is 7.47. The van der Waals surface area contributed by atoms with E-state index in [1.165, 1.54) is 0 Å². The molecule has 3 rings (SSSR count). The number of guanidine groups is 1. The van der Waals surface area contributed by atoms with Crippen LogP contribution >= 0.6 is 0 Å². The SMILES string of the molecule is CN=C(NCCc1cn2ccccc2n1)NCC1CN(CC(C)C)CCO1. The maximum Gasteiger partial charge on any atom is 0.191 e.